The van der Waals surface area contributed by atoms with Gasteiger partial charge in [0.15, 0.2) is 11.5 Å². The van der Waals surface area contributed by atoms with E-state index in [1.807, 2.05) is 6.92 Å². The number of benzene rings is 1. The first-order valence-corrected chi connectivity index (χ1v) is 7.03. The van der Waals surface area contributed by atoms with Gasteiger partial charge in [0.05, 0.1) is 24.6 Å². The molecule has 0 saturated carbocycles. The number of nitrogen functional groups attached to an aromatic ring is 1. The fourth-order valence-corrected chi connectivity index (χ4v) is 2.46. The molecule has 0 bridgehead atoms. The lowest BCUT2D eigenvalue weighted by Gasteiger charge is -2.16. The number of hydrogen-bond acceptors (Lipinski definition) is 5. The Labute approximate surface area is 127 Å². The molecule has 0 atom stereocenters. The minimum Gasteiger partial charge on any atom is -0.493 e. The summed E-state index contributed by atoms with van der Waals surface area (Å²) in [5.74, 6) is 1.16. The summed E-state index contributed by atoms with van der Waals surface area (Å²) >= 11 is 6.17. The molecule has 7 heteroatoms. The molecule has 1 aromatic carbocycles. The van der Waals surface area contributed by atoms with Gasteiger partial charge in [0.2, 0.25) is 0 Å². The van der Waals surface area contributed by atoms with Crippen molar-refractivity contribution in [2.24, 2.45) is 0 Å². The van der Waals surface area contributed by atoms with Crippen LogP contribution in [-0.2, 0) is 6.54 Å². The highest BCUT2D eigenvalue weighted by Gasteiger charge is 2.19. The van der Waals surface area contributed by atoms with E-state index < -0.39 is 5.69 Å². The molecule has 0 unspecified atom stereocenters. The van der Waals surface area contributed by atoms with Crippen molar-refractivity contribution in [2.45, 2.75) is 26.3 Å². The molecule has 0 aliphatic carbocycles. The molecule has 2 rings (SSSR count). The predicted molar refractivity (Wildman–Crippen MR) is 83.4 cm³/mol. The van der Waals surface area contributed by atoms with Crippen molar-refractivity contribution in [1.29, 1.82) is 0 Å². The summed E-state index contributed by atoms with van der Waals surface area (Å²) in [7, 11) is 3.02. The van der Waals surface area contributed by atoms with Crippen LogP contribution in [0, 0.1) is 0 Å². The lowest BCUT2D eigenvalue weighted by molar-refractivity contribution is 0.358. The Morgan fingerprint density at radius 1 is 1.38 bits per heavy atom. The number of halogens is 1. The lowest BCUT2D eigenvalue weighted by atomic mass is 10.2. The van der Waals surface area contributed by atoms with Gasteiger partial charge in [0.1, 0.15) is 11.3 Å². The highest BCUT2D eigenvalue weighted by atomic mass is 35.5. The standard InChI is InChI=1S/C14H18ClN3O3/c1-4-5-6-18-13(16)10-11(17-14(18)19)8(15)7-9(20-2)12(10)21-3/h7H,4-6,16H2,1-3H3. The zero-order valence-electron chi connectivity index (χ0n) is 12.3. The number of rotatable bonds is 5. The minimum atomic E-state index is -0.414. The van der Waals surface area contributed by atoms with E-state index >= 15 is 0 Å². The van der Waals surface area contributed by atoms with Crippen LogP contribution in [0.5, 0.6) is 11.5 Å². The number of hydrogen-bond donors (Lipinski definition) is 1. The molecule has 0 amide bonds. The van der Waals surface area contributed by atoms with E-state index in [4.69, 9.17) is 26.8 Å². The molecule has 0 aliphatic rings. The largest absolute Gasteiger partial charge is 0.493 e. The summed E-state index contributed by atoms with van der Waals surface area (Å²) in [6.07, 6.45) is 1.78. The third-order valence-electron chi connectivity index (χ3n) is 3.32. The highest BCUT2D eigenvalue weighted by molar-refractivity contribution is 6.36. The monoisotopic (exact) mass is 311 g/mol. The molecule has 1 aromatic heterocycles. The molecule has 0 saturated heterocycles. The number of nitrogens with zero attached hydrogens (tertiary/aromatic N) is 2. The number of methoxy groups -OCH3 is 2. The van der Waals surface area contributed by atoms with Crippen molar-refractivity contribution >= 4 is 28.3 Å². The van der Waals surface area contributed by atoms with E-state index in [0.29, 0.717) is 34.0 Å². The van der Waals surface area contributed by atoms with Crippen molar-refractivity contribution in [1.82, 2.24) is 9.55 Å². The third kappa shape index (κ3) is 2.63. The normalized spacial score (nSPS) is 10.9. The summed E-state index contributed by atoms with van der Waals surface area (Å²) in [6, 6.07) is 1.56. The molecule has 0 fully saturated rings. The Hall–Kier alpha value is -1.95. The Bertz CT molecular complexity index is 728. The third-order valence-corrected chi connectivity index (χ3v) is 3.60. The number of ether oxygens (including phenoxy) is 2. The van der Waals surface area contributed by atoms with Gasteiger partial charge in [-0.2, -0.15) is 4.98 Å². The van der Waals surface area contributed by atoms with Crippen molar-refractivity contribution in [2.75, 3.05) is 20.0 Å². The second-order valence-electron chi connectivity index (χ2n) is 4.60. The second-order valence-corrected chi connectivity index (χ2v) is 5.01. The van der Waals surface area contributed by atoms with Crippen LogP contribution < -0.4 is 20.9 Å². The van der Waals surface area contributed by atoms with E-state index in [2.05, 4.69) is 4.98 Å². The van der Waals surface area contributed by atoms with Crippen LogP contribution in [0.1, 0.15) is 19.8 Å². The average molecular weight is 312 g/mol. The van der Waals surface area contributed by atoms with Gasteiger partial charge in [-0.15, -0.1) is 0 Å². The molecule has 2 aromatic rings. The molecule has 0 radical (unpaired) electrons. The van der Waals surface area contributed by atoms with Gasteiger partial charge in [-0.25, -0.2) is 4.79 Å². The predicted octanol–water partition coefficient (Wildman–Crippen LogP) is 2.45. The number of aromatic nitrogens is 2. The van der Waals surface area contributed by atoms with Crippen LogP contribution >= 0.6 is 11.6 Å². The maximum absolute atomic E-state index is 12.1. The van der Waals surface area contributed by atoms with Crippen LogP contribution in [0.15, 0.2) is 10.9 Å². The number of unbranched alkanes of at least 4 members (excludes halogenated alkanes) is 1. The van der Waals surface area contributed by atoms with E-state index in [1.165, 1.54) is 18.8 Å². The van der Waals surface area contributed by atoms with Crippen molar-refractivity contribution in [3.8, 4) is 11.5 Å². The van der Waals surface area contributed by atoms with Gasteiger partial charge >= 0.3 is 5.69 Å². The number of fused-ring (bicyclic) bond motifs is 1. The number of nitrogens with two attached hydrogens (primary N) is 1. The van der Waals surface area contributed by atoms with Gasteiger partial charge in [0.25, 0.3) is 0 Å². The topological polar surface area (TPSA) is 79.4 Å². The molecule has 2 N–H and O–H groups in total. The molecule has 21 heavy (non-hydrogen) atoms. The molecular formula is C14H18ClN3O3. The summed E-state index contributed by atoms with van der Waals surface area (Å²) in [5.41, 5.74) is 6.07. The van der Waals surface area contributed by atoms with E-state index in [9.17, 15) is 4.79 Å². The van der Waals surface area contributed by atoms with Crippen LogP contribution in [-0.4, -0.2) is 23.8 Å². The van der Waals surface area contributed by atoms with E-state index in [-0.39, 0.29) is 5.82 Å². The van der Waals surface area contributed by atoms with E-state index in [1.54, 1.807) is 6.07 Å². The molecule has 0 aliphatic heterocycles. The van der Waals surface area contributed by atoms with Crippen LogP contribution in [0.25, 0.3) is 10.9 Å². The van der Waals surface area contributed by atoms with Gasteiger partial charge in [-0.1, -0.05) is 24.9 Å². The zero-order chi connectivity index (χ0) is 15.6. The summed E-state index contributed by atoms with van der Waals surface area (Å²) in [6.45, 7) is 2.54. The van der Waals surface area contributed by atoms with Crippen LogP contribution in [0.2, 0.25) is 5.02 Å². The number of anilines is 1. The highest BCUT2D eigenvalue weighted by Crippen LogP contribution is 2.41. The fourth-order valence-electron chi connectivity index (χ4n) is 2.23. The van der Waals surface area contributed by atoms with Crippen molar-refractivity contribution in [3.05, 3.63) is 21.6 Å². The van der Waals surface area contributed by atoms with Gasteiger partial charge in [-0.05, 0) is 6.42 Å². The van der Waals surface area contributed by atoms with Crippen molar-refractivity contribution in [3.63, 3.8) is 0 Å². The summed E-state index contributed by atoms with van der Waals surface area (Å²) in [5, 5.41) is 0.798. The Morgan fingerprint density at radius 3 is 2.67 bits per heavy atom. The Morgan fingerprint density at radius 2 is 2.10 bits per heavy atom. The SMILES string of the molecule is CCCCn1c(N)c2c(OC)c(OC)cc(Cl)c2nc1=O. The lowest BCUT2D eigenvalue weighted by Crippen LogP contribution is -2.26. The zero-order valence-corrected chi connectivity index (χ0v) is 13.0. The molecular weight excluding hydrogens is 294 g/mol. The molecule has 114 valence electrons. The van der Waals surface area contributed by atoms with Gasteiger partial charge < -0.3 is 15.2 Å². The van der Waals surface area contributed by atoms with Gasteiger partial charge in [0, 0.05) is 12.6 Å². The second kappa shape index (κ2) is 6.22. The molecule has 0 spiro atoms. The first kappa shape index (κ1) is 15.4. The fraction of sp³-hybridized carbons (Fsp3) is 0.429. The quantitative estimate of drug-likeness (QED) is 0.917. The maximum atomic E-state index is 12.1. The summed E-state index contributed by atoms with van der Waals surface area (Å²) in [4.78, 5) is 16.1. The van der Waals surface area contributed by atoms with E-state index in [0.717, 1.165) is 12.8 Å². The van der Waals surface area contributed by atoms with Crippen LogP contribution in [0.4, 0.5) is 5.82 Å². The average Bonchev–Trinajstić information content (AvgIpc) is 2.47. The molecule has 6 nitrogen and oxygen atoms in total. The minimum absolute atomic E-state index is 0.288. The summed E-state index contributed by atoms with van der Waals surface area (Å²) < 4.78 is 12.1. The van der Waals surface area contributed by atoms with Crippen molar-refractivity contribution < 1.29 is 9.47 Å². The first-order chi connectivity index (χ1) is 10.0. The van der Waals surface area contributed by atoms with Crippen LogP contribution in [0.3, 0.4) is 0 Å². The smallest absolute Gasteiger partial charge is 0.349 e. The first-order valence-electron chi connectivity index (χ1n) is 6.65. The Kier molecular flexibility index (Phi) is 4.57. The molecule has 1 heterocycles. The maximum Gasteiger partial charge on any atom is 0.349 e. The van der Waals surface area contributed by atoms with Gasteiger partial charge in [-0.3, -0.25) is 4.57 Å². The Balaban J connectivity index is 2.85.